The summed E-state index contributed by atoms with van der Waals surface area (Å²) in [7, 11) is 0. The molecule has 1 aliphatic rings. The Morgan fingerprint density at radius 2 is 0.684 bits per heavy atom. The third-order valence-electron chi connectivity index (χ3n) is 20.0. The minimum absolute atomic E-state index is 0. The quantitative estimate of drug-likeness (QED) is 0.145. The Balaban J connectivity index is 0. The minimum atomic E-state index is -0.149. The number of aryl methyl sites for hydroxylation is 1. The lowest BCUT2D eigenvalue weighted by Crippen LogP contribution is -2.35. The smallest absolute Gasteiger partial charge is 0.192 e. The molecule has 10 rings (SSSR count). The number of benzene rings is 3. The Bertz CT molecular complexity index is 3990. The molecule has 7 heterocycles. The highest BCUT2D eigenvalue weighted by Crippen LogP contribution is 2.37. The van der Waals surface area contributed by atoms with Crippen LogP contribution in [0.1, 0.15) is 451 Å². The number of nitrogens with zero attached hydrogens (tertiary/aromatic N) is 7. The van der Waals surface area contributed by atoms with Crippen molar-refractivity contribution >= 4 is 11.0 Å². The third-order valence-corrected chi connectivity index (χ3v) is 20.0. The van der Waals surface area contributed by atoms with Crippen molar-refractivity contribution < 1.29 is 9.15 Å². The summed E-state index contributed by atoms with van der Waals surface area (Å²) in [5, 5.41) is 8.97. The molecule has 1 aliphatic heterocycles. The predicted octanol–water partition coefficient (Wildman–Crippen LogP) is 31.7. The van der Waals surface area contributed by atoms with Gasteiger partial charge in [0.1, 0.15) is 23.2 Å². The Kier molecular flexibility index (Phi) is 45.0. The summed E-state index contributed by atoms with van der Waals surface area (Å²) < 4.78 is 12.0. The number of rotatable bonds is 8. The van der Waals surface area contributed by atoms with E-state index in [2.05, 4.69) is 382 Å². The second-order valence-electron chi connectivity index (χ2n) is 41.8. The second kappa shape index (κ2) is 47.3. The zero-order valence-corrected chi connectivity index (χ0v) is 78.8. The van der Waals surface area contributed by atoms with Gasteiger partial charge in [0.05, 0.1) is 28.2 Å². The molecular formula is C107H173N7O3. The van der Waals surface area contributed by atoms with Gasteiger partial charge in [-0.3, -0.25) is 29.7 Å². The number of aromatic nitrogens is 7. The van der Waals surface area contributed by atoms with Crippen LogP contribution in [-0.4, -0.2) is 41.2 Å². The van der Waals surface area contributed by atoms with Crippen LogP contribution >= 0.6 is 0 Å². The highest BCUT2D eigenvalue weighted by Gasteiger charge is 2.31. The molecule has 0 saturated heterocycles. The average molecular weight is 1610 g/mol. The molecule has 10 heteroatoms. The molecule has 9 aromatic rings. The van der Waals surface area contributed by atoms with Crippen LogP contribution in [0.2, 0.25) is 0 Å². The molecule has 0 fully saturated rings. The van der Waals surface area contributed by atoms with Crippen LogP contribution in [0.15, 0.2) is 155 Å². The molecule has 1 unspecified atom stereocenters. The molecule has 0 N–H and O–H groups in total. The maximum Gasteiger partial charge on any atom is 0.192 e. The lowest BCUT2D eigenvalue weighted by molar-refractivity contribution is 0.0674. The molecule has 0 radical (unpaired) electrons. The van der Waals surface area contributed by atoms with Crippen LogP contribution in [0.25, 0.3) is 11.0 Å². The van der Waals surface area contributed by atoms with E-state index in [9.17, 15) is 4.79 Å². The molecule has 10 nitrogen and oxygen atoms in total. The molecule has 0 spiro atoms. The molecule has 0 amide bonds. The van der Waals surface area contributed by atoms with E-state index in [1.165, 1.54) is 50.2 Å². The first-order valence-corrected chi connectivity index (χ1v) is 42.2. The number of fused-ring (bicyclic) bond motifs is 2. The molecular weight excluding hydrogens is 1430 g/mol. The van der Waals surface area contributed by atoms with E-state index in [1.54, 1.807) is 6.07 Å². The lowest BCUT2D eigenvalue weighted by atomic mass is 9.83. The molecule has 6 aromatic heterocycles. The van der Waals surface area contributed by atoms with Gasteiger partial charge >= 0.3 is 0 Å². The Morgan fingerprint density at radius 3 is 1.01 bits per heavy atom. The van der Waals surface area contributed by atoms with Crippen molar-refractivity contribution in [3.05, 3.63) is 247 Å². The van der Waals surface area contributed by atoms with E-state index in [0.717, 1.165) is 58.5 Å². The Labute approximate surface area is 719 Å². The van der Waals surface area contributed by atoms with E-state index in [4.69, 9.17) is 9.15 Å². The van der Waals surface area contributed by atoms with E-state index in [1.807, 2.05) is 70.0 Å². The van der Waals surface area contributed by atoms with Gasteiger partial charge in [0.15, 0.2) is 5.43 Å². The molecule has 0 bridgehead atoms. The SMILES string of the molecule is C.C.C.C.CC(C)(C)c1ccc(C(C)(C)C)nc1.CC(C)(C)c1ccc(C(C)(C)C)nc1.CC(C)c1ccc(C(C)(C)C)cc1.CC(C)c1ccc(C(C)C)nc1.CC(C)c1ccc(C(C)C)nn1.CC(C)c1ccc2c(c1)CCC(C(C)(C)C)O2.CC(C)c1ccc2oc(C(C)(C)C)cc(=O)c2c1.CC(C)c1cnc(C(C)(C)C)cn1. The predicted molar refractivity (Wildman–Crippen MR) is 515 cm³/mol. The monoisotopic (exact) mass is 1600 g/mol. The molecule has 0 saturated carbocycles. The van der Waals surface area contributed by atoms with Crippen molar-refractivity contribution in [3.63, 3.8) is 0 Å². The van der Waals surface area contributed by atoms with E-state index >= 15 is 0 Å². The van der Waals surface area contributed by atoms with Gasteiger partial charge in [-0.2, -0.15) is 10.2 Å². The van der Waals surface area contributed by atoms with E-state index < -0.39 is 0 Å². The van der Waals surface area contributed by atoms with Crippen LogP contribution in [0, 0.1) is 5.41 Å². The summed E-state index contributed by atoms with van der Waals surface area (Å²) in [5.74, 6) is 5.99. The lowest BCUT2D eigenvalue weighted by Gasteiger charge is -2.35. The zero-order chi connectivity index (χ0) is 86.5. The average Bonchev–Trinajstić information content (AvgIpc) is 0.792. The topological polar surface area (TPSA) is 130 Å². The van der Waals surface area contributed by atoms with Gasteiger partial charge in [0, 0.05) is 75.8 Å². The standard InChI is InChI=1S/C16H20O2.C16H24O.2C13H21N.C13H20.C11H18N2.C11H17N.C10H16N2.4CH4/c1-10(2)11-6-7-14-12(8-11)13(17)9-15(18-14)16(3,4)5;1-11(2)12-6-8-14-13(10-12)7-9-15(17-14)16(3,4)5;2*1-12(2,3)10-7-8-11(14-9-10)13(4,5)6;1-10(2)11-6-8-12(9-7-11)13(3,4)5;1-8(2)9-6-13-10(7-12-9)11(3,4)5;1-8(2)10-5-6-11(9(3)4)12-7-10;1-7(2)9-5-6-10(8(3)4)12-11-9;;;;/h6-10H,1-5H3;6,8,10-11,15H,7,9H2,1-5H3;2*7-9H,1-6H3;6-10H,1-5H3;6-8H,1-5H3;5-9H,1-4H3;5-8H,1-4H3;4*1H4. The third kappa shape index (κ3) is 38.1. The highest BCUT2D eigenvalue weighted by atomic mass is 16.5. The van der Waals surface area contributed by atoms with Crippen molar-refractivity contribution in [2.75, 3.05) is 0 Å². The van der Waals surface area contributed by atoms with Gasteiger partial charge < -0.3 is 9.15 Å². The highest BCUT2D eigenvalue weighted by molar-refractivity contribution is 5.77. The first-order chi connectivity index (χ1) is 51.6. The minimum Gasteiger partial charge on any atom is -0.490 e. The van der Waals surface area contributed by atoms with Gasteiger partial charge in [-0.25, -0.2) is 0 Å². The first-order valence-electron chi connectivity index (χ1n) is 42.2. The van der Waals surface area contributed by atoms with Crippen molar-refractivity contribution in [2.45, 2.75) is 411 Å². The van der Waals surface area contributed by atoms with E-state index in [-0.39, 0.29) is 78.5 Å². The number of hydrogen-bond acceptors (Lipinski definition) is 10. The van der Waals surface area contributed by atoms with Crippen molar-refractivity contribution in [2.24, 2.45) is 5.41 Å². The summed E-state index contributed by atoms with van der Waals surface area (Å²) in [5.41, 5.74) is 20.3. The van der Waals surface area contributed by atoms with Gasteiger partial charge in [0.2, 0.25) is 0 Å². The zero-order valence-electron chi connectivity index (χ0n) is 78.8. The maximum absolute atomic E-state index is 12.2. The summed E-state index contributed by atoms with van der Waals surface area (Å²) in [4.78, 5) is 34.4. The maximum atomic E-state index is 12.2. The van der Waals surface area contributed by atoms with Gasteiger partial charge in [-0.1, -0.05) is 367 Å². The van der Waals surface area contributed by atoms with Gasteiger partial charge in [-0.05, 0) is 175 Å². The van der Waals surface area contributed by atoms with Crippen LogP contribution < -0.4 is 10.2 Å². The molecule has 0 aliphatic carbocycles. The normalized spacial score (nSPS) is 12.9. The van der Waals surface area contributed by atoms with Crippen LogP contribution in [0.4, 0.5) is 0 Å². The summed E-state index contributed by atoms with van der Waals surface area (Å²) >= 11 is 0. The van der Waals surface area contributed by atoms with Crippen LogP contribution in [-0.2, 0) is 44.3 Å². The van der Waals surface area contributed by atoms with Crippen molar-refractivity contribution in [1.29, 1.82) is 0 Å². The van der Waals surface area contributed by atoms with Crippen LogP contribution in [0.3, 0.4) is 0 Å². The molecule has 117 heavy (non-hydrogen) atoms. The van der Waals surface area contributed by atoms with Crippen molar-refractivity contribution in [1.82, 2.24) is 35.1 Å². The molecule has 654 valence electrons. The fourth-order valence-electron chi connectivity index (χ4n) is 11.3. The van der Waals surface area contributed by atoms with Crippen molar-refractivity contribution in [3.8, 4) is 5.75 Å². The summed E-state index contributed by atoms with van der Waals surface area (Å²) in [6, 6.07) is 40.2. The Morgan fingerprint density at radius 1 is 0.316 bits per heavy atom. The fourth-order valence-corrected chi connectivity index (χ4v) is 11.3. The molecule has 1 atom stereocenters. The fraction of sp³-hybridized carbons (Fsp3) is 0.589. The number of hydrogen-bond donors (Lipinski definition) is 0. The van der Waals surface area contributed by atoms with E-state index in [0.29, 0.717) is 64.4 Å². The van der Waals surface area contributed by atoms with Gasteiger partial charge in [-0.15, -0.1) is 0 Å². The number of pyridine rings is 3. The summed E-state index contributed by atoms with van der Waals surface area (Å²) in [6.45, 7) is 87.1. The first kappa shape index (κ1) is 111. The van der Waals surface area contributed by atoms with Crippen LogP contribution in [0.5, 0.6) is 5.75 Å². The largest absolute Gasteiger partial charge is 0.490 e. The second-order valence-corrected chi connectivity index (χ2v) is 41.8. The van der Waals surface area contributed by atoms with Gasteiger partial charge in [0.25, 0.3) is 0 Å². The molecule has 3 aromatic carbocycles. The number of ether oxygens (including phenoxy) is 1. The Hall–Kier alpha value is -7.72. The summed E-state index contributed by atoms with van der Waals surface area (Å²) in [6.07, 6.45) is 12.4.